The summed E-state index contributed by atoms with van der Waals surface area (Å²) >= 11 is 0. The molecule has 7 nitrogen and oxygen atoms in total. The van der Waals surface area contributed by atoms with Crippen LogP contribution >= 0.6 is 0 Å². The van der Waals surface area contributed by atoms with Gasteiger partial charge in [0.05, 0.1) is 18.2 Å². The first-order chi connectivity index (χ1) is 13.2. The monoisotopic (exact) mass is 369 g/mol. The summed E-state index contributed by atoms with van der Waals surface area (Å²) in [7, 11) is 4.89. The minimum absolute atomic E-state index is 0.155. The average molecular weight is 369 g/mol. The Morgan fingerprint density at radius 2 is 2.11 bits per heavy atom. The van der Waals surface area contributed by atoms with Gasteiger partial charge in [0.2, 0.25) is 0 Å². The Labute approximate surface area is 157 Å². The minimum atomic E-state index is -0.274. The molecular weight excluding hydrogens is 346 g/mol. The van der Waals surface area contributed by atoms with Crippen molar-refractivity contribution in [3.63, 3.8) is 0 Å². The second-order valence-corrected chi connectivity index (χ2v) is 6.63. The topological polar surface area (TPSA) is 84.7 Å². The molecule has 0 amide bonds. The molecule has 0 bridgehead atoms. The molecular formula is C20H23N3O4. The molecule has 2 aliphatic heterocycles. The number of ether oxygens (including phenoxy) is 3. The van der Waals surface area contributed by atoms with Crippen LogP contribution in [-0.2, 0) is 14.2 Å². The van der Waals surface area contributed by atoms with E-state index in [-0.39, 0.29) is 18.0 Å². The van der Waals surface area contributed by atoms with Crippen LogP contribution in [-0.4, -0.2) is 57.9 Å². The third kappa shape index (κ3) is 3.02. The average Bonchev–Trinajstić information content (AvgIpc) is 3.14. The van der Waals surface area contributed by atoms with Crippen LogP contribution in [0.3, 0.4) is 0 Å². The highest BCUT2D eigenvalue weighted by Gasteiger charge is 2.28. The highest BCUT2D eigenvalue weighted by atomic mass is 16.6. The molecule has 1 aromatic carbocycles. The molecule has 4 rings (SSSR count). The molecule has 142 valence electrons. The Hall–Kier alpha value is -2.64. The number of hydrogen-bond acceptors (Lipinski definition) is 7. The van der Waals surface area contributed by atoms with Crippen molar-refractivity contribution in [2.24, 2.45) is 9.98 Å². The van der Waals surface area contributed by atoms with Crippen molar-refractivity contribution in [3.05, 3.63) is 40.1 Å². The Bertz CT molecular complexity index is 978. The molecule has 0 fully saturated rings. The fourth-order valence-electron chi connectivity index (χ4n) is 3.74. The molecule has 2 unspecified atom stereocenters. The van der Waals surface area contributed by atoms with Crippen LogP contribution in [0.5, 0.6) is 5.75 Å². The van der Waals surface area contributed by atoms with Crippen molar-refractivity contribution < 1.29 is 19.3 Å². The van der Waals surface area contributed by atoms with E-state index in [0.29, 0.717) is 23.7 Å². The van der Waals surface area contributed by atoms with Crippen molar-refractivity contribution in [1.29, 1.82) is 0 Å². The van der Waals surface area contributed by atoms with Gasteiger partial charge in [0.15, 0.2) is 5.75 Å². The lowest BCUT2D eigenvalue weighted by Gasteiger charge is -2.28. The maximum Gasteiger partial charge on any atom is 0.165 e. The highest BCUT2D eigenvalue weighted by Crippen LogP contribution is 2.33. The summed E-state index contributed by atoms with van der Waals surface area (Å²) in [4.78, 5) is 8.96. The van der Waals surface area contributed by atoms with Gasteiger partial charge in [-0.25, -0.2) is 0 Å². The van der Waals surface area contributed by atoms with Crippen LogP contribution in [0.25, 0.3) is 5.57 Å². The predicted octanol–water partition coefficient (Wildman–Crippen LogP) is 1.19. The number of aromatic hydroxyl groups is 1. The zero-order valence-corrected chi connectivity index (χ0v) is 15.7. The largest absolute Gasteiger partial charge is 0.504 e. The van der Waals surface area contributed by atoms with Gasteiger partial charge in [0.1, 0.15) is 23.7 Å². The van der Waals surface area contributed by atoms with Crippen molar-refractivity contribution in [3.8, 4) is 5.75 Å². The zero-order chi connectivity index (χ0) is 19.0. The fraction of sp³-hybridized carbons (Fsp3) is 0.400. The van der Waals surface area contributed by atoms with Crippen LogP contribution in [0.4, 0.5) is 11.4 Å². The molecule has 0 spiro atoms. The summed E-state index contributed by atoms with van der Waals surface area (Å²) in [5, 5.41) is 15.8. The third-order valence-corrected chi connectivity index (χ3v) is 5.12. The number of phenols is 1. The van der Waals surface area contributed by atoms with E-state index in [2.05, 4.69) is 15.3 Å². The van der Waals surface area contributed by atoms with E-state index >= 15 is 0 Å². The van der Waals surface area contributed by atoms with Crippen LogP contribution in [0.15, 0.2) is 39.5 Å². The normalized spacial score (nSPS) is 22.7. The third-order valence-electron chi connectivity index (χ3n) is 5.12. The van der Waals surface area contributed by atoms with Crippen molar-refractivity contribution in [1.82, 2.24) is 0 Å². The standard InChI is InChI=1S/C20H23N3O4/c1-25-15-6-11(7-16(26-2)20(15)27-3)9-22-14-8-13-17-12(4-5-21-13)10-23-18(17)19(14)24/h6-8,10,15,20,22,24H,4-5,9H2,1-3H3. The van der Waals surface area contributed by atoms with Crippen molar-refractivity contribution >= 4 is 23.2 Å². The first kappa shape index (κ1) is 17.8. The molecule has 0 aromatic heterocycles. The molecule has 1 aliphatic carbocycles. The highest BCUT2D eigenvalue weighted by molar-refractivity contribution is 6.08. The lowest BCUT2D eigenvalue weighted by molar-refractivity contribution is -0.0189. The summed E-state index contributed by atoms with van der Waals surface area (Å²) in [6, 6.07) is 1.89. The van der Waals surface area contributed by atoms with Gasteiger partial charge in [0, 0.05) is 38.7 Å². The lowest BCUT2D eigenvalue weighted by atomic mass is 9.99. The molecule has 2 heterocycles. The van der Waals surface area contributed by atoms with Gasteiger partial charge in [0.25, 0.3) is 0 Å². The van der Waals surface area contributed by atoms with Gasteiger partial charge in [-0.15, -0.1) is 0 Å². The maximum absolute atomic E-state index is 10.6. The first-order valence-electron chi connectivity index (χ1n) is 8.89. The molecule has 1 aromatic rings. The van der Waals surface area contributed by atoms with Gasteiger partial charge in [-0.05, 0) is 35.8 Å². The van der Waals surface area contributed by atoms with Gasteiger partial charge in [-0.2, -0.15) is 0 Å². The van der Waals surface area contributed by atoms with E-state index in [4.69, 9.17) is 14.2 Å². The van der Waals surface area contributed by atoms with Gasteiger partial charge < -0.3 is 24.6 Å². The molecule has 0 radical (unpaired) electrons. The Morgan fingerprint density at radius 3 is 2.85 bits per heavy atom. The van der Waals surface area contributed by atoms with Crippen LogP contribution < -0.4 is 15.9 Å². The number of phenolic OH excluding ortho intramolecular Hbond substituents is 1. The second kappa shape index (κ2) is 7.17. The molecule has 0 saturated heterocycles. The van der Waals surface area contributed by atoms with E-state index in [1.54, 1.807) is 21.3 Å². The van der Waals surface area contributed by atoms with E-state index < -0.39 is 0 Å². The zero-order valence-electron chi connectivity index (χ0n) is 15.7. The summed E-state index contributed by atoms with van der Waals surface area (Å²) in [6.45, 7) is 1.24. The van der Waals surface area contributed by atoms with E-state index in [1.165, 1.54) is 0 Å². The quantitative estimate of drug-likeness (QED) is 0.736. The van der Waals surface area contributed by atoms with Crippen LogP contribution in [0.1, 0.15) is 6.42 Å². The van der Waals surface area contributed by atoms with E-state index in [9.17, 15) is 5.11 Å². The first-order valence-corrected chi connectivity index (χ1v) is 8.89. The minimum Gasteiger partial charge on any atom is -0.504 e. The summed E-state index contributed by atoms with van der Waals surface area (Å²) in [5.41, 5.74) is 3.35. The summed E-state index contributed by atoms with van der Waals surface area (Å²) in [5.74, 6) is 0.860. The molecule has 3 aliphatic rings. The number of nitrogens with one attached hydrogen (secondary N) is 1. The number of methoxy groups -OCH3 is 3. The maximum atomic E-state index is 10.6. The number of rotatable bonds is 6. The van der Waals surface area contributed by atoms with Gasteiger partial charge in [-0.1, -0.05) is 0 Å². The van der Waals surface area contributed by atoms with Gasteiger partial charge in [-0.3, -0.25) is 9.98 Å². The number of benzene rings is 1. The van der Waals surface area contributed by atoms with Crippen LogP contribution in [0, 0.1) is 0 Å². The number of nitrogens with zero attached hydrogens (tertiary/aromatic N) is 2. The molecule has 27 heavy (non-hydrogen) atoms. The van der Waals surface area contributed by atoms with Gasteiger partial charge >= 0.3 is 0 Å². The molecule has 2 N–H and O–H groups in total. The van der Waals surface area contributed by atoms with Crippen molar-refractivity contribution in [2.75, 3.05) is 39.7 Å². The number of aliphatic imine (C=N–C) groups is 1. The van der Waals surface area contributed by atoms with Crippen LogP contribution in [0.2, 0.25) is 0 Å². The predicted molar refractivity (Wildman–Crippen MR) is 103 cm³/mol. The Morgan fingerprint density at radius 1 is 1.26 bits per heavy atom. The number of anilines is 1. The summed E-state index contributed by atoms with van der Waals surface area (Å²) in [6.07, 6.45) is 6.11. The SMILES string of the molecule is COC1=CC(CNc2cc3c4c(c2O)N=CC=4CCN=3)=CC(OC)C1OC. The van der Waals surface area contributed by atoms with E-state index in [1.807, 2.05) is 24.4 Å². The Kier molecular flexibility index (Phi) is 4.72. The fourth-order valence-corrected chi connectivity index (χ4v) is 3.74. The summed E-state index contributed by atoms with van der Waals surface area (Å²) < 4.78 is 16.4. The molecule has 2 atom stereocenters. The Balaban J connectivity index is 1.61. The smallest absolute Gasteiger partial charge is 0.165 e. The molecule has 0 saturated carbocycles. The van der Waals surface area contributed by atoms with Crippen molar-refractivity contribution in [2.45, 2.75) is 18.6 Å². The lowest BCUT2D eigenvalue weighted by Crippen LogP contribution is -2.34. The van der Waals surface area contributed by atoms with E-state index in [0.717, 1.165) is 34.7 Å². The second-order valence-electron chi connectivity index (χ2n) is 6.63. The number of hydrogen-bond donors (Lipinski definition) is 2. The molecule has 7 heteroatoms.